The average molecular weight is 537 g/mol. The highest BCUT2D eigenvalue weighted by atomic mass is 32.2. The number of sulfonamides is 1. The number of pyridine rings is 1. The van der Waals surface area contributed by atoms with Crippen LogP contribution >= 0.6 is 22.7 Å². The van der Waals surface area contributed by atoms with Crippen LogP contribution in [-0.4, -0.2) is 56.1 Å². The second-order valence-electron chi connectivity index (χ2n) is 8.56. The molecule has 9 nitrogen and oxygen atoms in total. The van der Waals surface area contributed by atoms with E-state index in [9.17, 15) is 23.1 Å². The Bertz CT molecular complexity index is 1240. The number of nitrogens with one attached hydrogen (secondary N) is 3. The molecule has 4 heterocycles. The summed E-state index contributed by atoms with van der Waals surface area (Å²) in [5.41, 5.74) is 0. The summed E-state index contributed by atoms with van der Waals surface area (Å²) in [5.74, 6) is -1.01. The number of aryl methyl sites for hydroxylation is 1. The molecule has 3 aromatic heterocycles. The zero-order valence-electron chi connectivity index (χ0n) is 19.0. The lowest BCUT2D eigenvalue weighted by Crippen LogP contribution is -2.48. The minimum Gasteiger partial charge on any atom is -0.480 e. The predicted octanol–water partition coefficient (Wildman–Crippen LogP) is 2.84. The van der Waals surface area contributed by atoms with Crippen molar-refractivity contribution in [1.29, 1.82) is 0 Å². The van der Waals surface area contributed by atoms with Gasteiger partial charge in [-0.1, -0.05) is 6.42 Å². The van der Waals surface area contributed by atoms with Gasteiger partial charge in [-0.2, -0.15) is 4.72 Å². The van der Waals surface area contributed by atoms with Crippen LogP contribution in [0.2, 0.25) is 0 Å². The van der Waals surface area contributed by atoms with Gasteiger partial charge in [0.1, 0.15) is 10.9 Å². The third-order valence-corrected chi connectivity index (χ3v) is 9.90. The number of piperidine rings is 1. The fraction of sp³-hybridized carbons (Fsp3) is 0.435. The number of hydrogen-bond acceptors (Lipinski definition) is 8. The number of carboxylic acids is 1. The van der Waals surface area contributed by atoms with Crippen LogP contribution in [0, 0.1) is 5.92 Å². The predicted molar refractivity (Wildman–Crippen MR) is 137 cm³/mol. The van der Waals surface area contributed by atoms with Gasteiger partial charge in [-0.15, -0.1) is 22.7 Å². The molecule has 4 N–H and O–H groups in total. The Hall–Kier alpha value is -2.38. The first-order chi connectivity index (χ1) is 16.8. The van der Waals surface area contributed by atoms with Gasteiger partial charge >= 0.3 is 5.97 Å². The Kier molecular flexibility index (Phi) is 8.50. The third kappa shape index (κ3) is 6.85. The summed E-state index contributed by atoms with van der Waals surface area (Å²) in [6, 6.07) is 5.16. The molecule has 0 radical (unpaired) electrons. The van der Waals surface area contributed by atoms with Gasteiger partial charge in [0.2, 0.25) is 10.0 Å². The Morgan fingerprint density at radius 3 is 2.71 bits per heavy atom. The van der Waals surface area contributed by atoms with E-state index >= 15 is 0 Å². The fourth-order valence-electron chi connectivity index (χ4n) is 4.08. The van der Waals surface area contributed by atoms with Gasteiger partial charge in [0, 0.05) is 29.2 Å². The van der Waals surface area contributed by atoms with Crippen molar-refractivity contribution in [3.8, 4) is 0 Å². The van der Waals surface area contributed by atoms with Crippen molar-refractivity contribution in [2.24, 2.45) is 5.92 Å². The van der Waals surface area contributed by atoms with Gasteiger partial charge < -0.3 is 15.7 Å². The molecule has 0 unspecified atom stereocenters. The van der Waals surface area contributed by atoms with E-state index in [0.29, 0.717) is 4.88 Å². The highest BCUT2D eigenvalue weighted by Crippen LogP contribution is 2.34. The quantitative estimate of drug-likeness (QED) is 0.296. The second-order valence-corrected chi connectivity index (χ2v) is 12.7. The van der Waals surface area contributed by atoms with Gasteiger partial charge in [0.05, 0.1) is 8.89 Å². The summed E-state index contributed by atoms with van der Waals surface area (Å²) in [5, 5.41) is 16.4. The summed E-state index contributed by atoms with van der Waals surface area (Å²) < 4.78 is 28.0. The van der Waals surface area contributed by atoms with Crippen molar-refractivity contribution in [1.82, 2.24) is 20.3 Å². The van der Waals surface area contributed by atoms with Gasteiger partial charge in [-0.05, 0) is 69.0 Å². The lowest BCUT2D eigenvalue weighted by Gasteiger charge is -2.22. The standard InChI is InChI=1S/C23H28N4O5S3/c28-21(26-14-19(22(29)30)27-35(31,32)18-5-2-8-25-13-18)20-12-16-11-17(33-23(16)34-20)4-1-3-15-6-9-24-10-7-15/h2,5,8,11-13,15,19,24,27H,1,3-4,6-7,9-10,14H2,(H,26,28)(H,29,30)/t19-/m0/s1. The first-order valence-corrected chi connectivity index (χ1v) is 14.6. The van der Waals surface area contributed by atoms with E-state index in [2.05, 4.69) is 26.4 Å². The highest BCUT2D eigenvalue weighted by molar-refractivity contribution is 7.89. The molecule has 1 saturated heterocycles. The molecule has 1 aliphatic rings. The number of carbonyl (C=O) groups is 2. The average Bonchev–Trinajstić information content (AvgIpc) is 3.42. The minimum absolute atomic E-state index is 0.150. The molecule has 1 amide bonds. The number of carbonyl (C=O) groups excluding carboxylic acids is 1. The summed E-state index contributed by atoms with van der Waals surface area (Å²) in [7, 11) is -4.09. The van der Waals surface area contributed by atoms with E-state index in [-0.39, 0.29) is 11.4 Å². The lowest BCUT2D eigenvalue weighted by atomic mass is 9.92. The number of rotatable bonds is 11. The molecule has 1 aliphatic heterocycles. The van der Waals surface area contributed by atoms with Crippen LogP contribution in [0.1, 0.15) is 40.2 Å². The van der Waals surface area contributed by atoms with Crippen LogP contribution < -0.4 is 15.4 Å². The van der Waals surface area contributed by atoms with E-state index < -0.39 is 27.9 Å². The molecule has 0 saturated carbocycles. The lowest BCUT2D eigenvalue weighted by molar-refractivity contribution is -0.138. The molecule has 0 aromatic carbocycles. The van der Waals surface area contributed by atoms with Crippen molar-refractivity contribution in [3.05, 3.63) is 46.4 Å². The van der Waals surface area contributed by atoms with Crippen molar-refractivity contribution in [2.75, 3.05) is 19.6 Å². The summed E-state index contributed by atoms with van der Waals surface area (Å²) in [6.45, 7) is 1.85. The molecule has 35 heavy (non-hydrogen) atoms. The topological polar surface area (TPSA) is 137 Å². The van der Waals surface area contributed by atoms with E-state index in [1.165, 1.54) is 53.8 Å². The molecular weight excluding hydrogens is 508 g/mol. The largest absolute Gasteiger partial charge is 0.480 e. The number of nitrogens with zero attached hydrogens (tertiary/aromatic N) is 1. The first kappa shape index (κ1) is 25.7. The fourth-order valence-corrected chi connectivity index (χ4v) is 7.69. The molecule has 0 bridgehead atoms. The Labute approximate surface area is 212 Å². The molecule has 4 rings (SSSR count). The van der Waals surface area contributed by atoms with Gasteiger partial charge in [-0.3, -0.25) is 14.6 Å². The van der Waals surface area contributed by atoms with Crippen molar-refractivity contribution >= 4 is 54.0 Å². The summed E-state index contributed by atoms with van der Waals surface area (Å²) in [4.78, 5) is 29.6. The number of carboxylic acid groups (broad SMARTS) is 1. The van der Waals surface area contributed by atoms with E-state index in [1.807, 2.05) is 0 Å². The number of fused-ring (bicyclic) bond motifs is 1. The van der Waals surface area contributed by atoms with Crippen LogP contribution in [0.15, 0.2) is 41.6 Å². The molecular formula is C23H28N4O5S3. The van der Waals surface area contributed by atoms with Crippen LogP contribution in [0.25, 0.3) is 9.40 Å². The maximum Gasteiger partial charge on any atom is 0.323 e. The number of amides is 1. The smallest absolute Gasteiger partial charge is 0.323 e. The molecule has 0 spiro atoms. The summed E-state index contributed by atoms with van der Waals surface area (Å²) >= 11 is 3.05. The van der Waals surface area contributed by atoms with Crippen molar-refractivity contribution in [2.45, 2.75) is 43.0 Å². The molecule has 0 aliphatic carbocycles. The molecule has 3 aromatic rings. The van der Waals surface area contributed by atoms with Gasteiger partial charge in [-0.25, -0.2) is 8.42 Å². The maximum atomic E-state index is 12.6. The van der Waals surface area contributed by atoms with Crippen LogP contribution in [0.5, 0.6) is 0 Å². The Morgan fingerprint density at radius 1 is 1.23 bits per heavy atom. The van der Waals surface area contributed by atoms with Crippen LogP contribution in [0.3, 0.4) is 0 Å². The number of aromatic nitrogens is 1. The SMILES string of the molecule is O=C(NC[C@H](NS(=O)(=O)c1cccnc1)C(=O)O)c1cc2cc(CCCC3CCNCC3)sc2s1. The zero-order chi connectivity index (χ0) is 24.8. The third-order valence-electron chi connectivity index (χ3n) is 5.99. The molecule has 12 heteroatoms. The monoisotopic (exact) mass is 536 g/mol. The van der Waals surface area contributed by atoms with Crippen molar-refractivity contribution < 1.29 is 23.1 Å². The van der Waals surface area contributed by atoms with Crippen LogP contribution in [-0.2, 0) is 21.2 Å². The highest BCUT2D eigenvalue weighted by Gasteiger charge is 2.26. The Balaban J connectivity index is 1.31. The van der Waals surface area contributed by atoms with Crippen LogP contribution in [0.4, 0.5) is 0 Å². The molecule has 1 fully saturated rings. The molecule has 1 atom stereocenters. The van der Waals surface area contributed by atoms with Gasteiger partial charge in [0.25, 0.3) is 5.91 Å². The second kappa shape index (κ2) is 11.6. The number of aliphatic carboxylic acids is 1. The van der Waals surface area contributed by atoms with E-state index in [4.69, 9.17) is 0 Å². The number of thiophene rings is 2. The first-order valence-electron chi connectivity index (χ1n) is 11.5. The summed E-state index contributed by atoms with van der Waals surface area (Å²) in [6.07, 6.45) is 8.50. The molecule has 188 valence electrons. The Morgan fingerprint density at radius 2 is 2.03 bits per heavy atom. The minimum atomic E-state index is -4.09. The zero-order valence-corrected chi connectivity index (χ0v) is 21.5. The normalized spacial score (nSPS) is 15.8. The van der Waals surface area contributed by atoms with E-state index in [0.717, 1.165) is 47.4 Å². The number of hydrogen-bond donors (Lipinski definition) is 4. The van der Waals surface area contributed by atoms with Crippen molar-refractivity contribution in [3.63, 3.8) is 0 Å². The van der Waals surface area contributed by atoms with E-state index in [1.54, 1.807) is 17.4 Å². The maximum absolute atomic E-state index is 12.6. The van der Waals surface area contributed by atoms with Gasteiger partial charge in [0.15, 0.2) is 0 Å².